The van der Waals surface area contributed by atoms with Crippen molar-refractivity contribution in [3.8, 4) is 0 Å². The maximum absolute atomic E-state index is 13.0. The lowest BCUT2D eigenvalue weighted by Crippen LogP contribution is -1.86. The van der Waals surface area contributed by atoms with Crippen molar-refractivity contribution in [2.24, 2.45) is 0 Å². The Balaban J connectivity index is 2.87. The van der Waals surface area contributed by atoms with Crippen LogP contribution in [0.1, 0.15) is 5.56 Å². The molecular weight excluding hydrogens is 215 g/mol. The van der Waals surface area contributed by atoms with Gasteiger partial charge in [-0.15, -0.1) is 0 Å². The van der Waals surface area contributed by atoms with Gasteiger partial charge in [0.2, 0.25) is 0 Å². The highest BCUT2D eigenvalue weighted by atomic mass is 33.5. The van der Waals surface area contributed by atoms with E-state index in [1.54, 1.807) is 12.1 Å². The fourth-order valence-electron chi connectivity index (χ4n) is 0.750. The Morgan fingerprint density at radius 3 is 2.75 bits per heavy atom. The molecule has 0 aliphatic rings. The fourth-order valence-corrected chi connectivity index (χ4v) is 2.46. The van der Waals surface area contributed by atoms with Gasteiger partial charge in [-0.3, -0.25) is 0 Å². The molecule has 1 nitrogen and oxygen atoms in total. The van der Waals surface area contributed by atoms with Gasteiger partial charge >= 0.3 is 0 Å². The molecule has 0 atom stereocenters. The quantitative estimate of drug-likeness (QED) is 0.606. The van der Waals surface area contributed by atoms with E-state index in [2.05, 4.69) is 11.7 Å². The van der Waals surface area contributed by atoms with E-state index >= 15 is 0 Å². The van der Waals surface area contributed by atoms with Crippen LogP contribution in [0.4, 0.5) is 4.39 Å². The van der Waals surface area contributed by atoms with E-state index in [1.807, 2.05) is 0 Å². The summed E-state index contributed by atoms with van der Waals surface area (Å²) in [5, 5.41) is 8.69. The molecule has 0 radical (unpaired) electrons. The van der Waals surface area contributed by atoms with Gasteiger partial charge < -0.3 is 5.11 Å². The summed E-state index contributed by atoms with van der Waals surface area (Å²) in [7, 11) is 2.44. The standard InChI is InChI=1S/C7H7FOS3/c8-6-3-5(4-9)1-2-7(6)11-12-10/h1-3,9-10H,4H2. The molecule has 0 aliphatic carbocycles. The summed E-state index contributed by atoms with van der Waals surface area (Å²) in [6, 6.07) is 4.65. The van der Waals surface area contributed by atoms with Crippen LogP contribution < -0.4 is 0 Å². The van der Waals surface area contributed by atoms with Crippen molar-refractivity contribution in [1.29, 1.82) is 0 Å². The van der Waals surface area contributed by atoms with Crippen molar-refractivity contribution >= 4 is 32.3 Å². The molecule has 1 aromatic carbocycles. The Morgan fingerprint density at radius 1 is 1.50 bits per heavy atom. The third kappa shape index (κ3) is 2.58. The molecule has 0 heterocycles. The first-order valence-electron chi connectivity index (χ1n) is 3.15. The van der Waals surface area contributed by atoms with Crippen molar-refractivity contribution in [1.82, 2.24) is 0 Å². The maximum Gasteiger partial charge on any atom is 0.138 e. The minimum absolute atomic E-state index is 0.129. The van der Waals surface area contributed by atoms with Gasteiger partial charge in [0.05, 0.1) is 11.5 Å². The minimum Gasteiger partial charge on any atom is -0.392 e. The molecule has 12 heavy (non-hydrogen) atoms. The van der Waals surface area contributed by atoms with E-state index in [0.717, 1.165) is 0 Å². The van der Waals surface area contributed by atoms with Crippen LogP contribution in [0, 0.1) is 5.82 Å². The molecule has 66 valence electrons. The summed E-state index contributed by atoms with van der Waals surface area (Å²) in [6.07, 6.45) is 0. The van der Waals surface area contributed by atoms with Crippen molar-refractivity contribution in [3.63, 3.8) is 0 Å². The Hall–Kier alpha value is 0.160. The van der Waals surface area contributed by atoms with Gasteiger partial charge in [0, 0.05) is 0 Å². The summed E-state index contributed by atoms with van der Waals surface area (Å²) in [4.78, 5) is 0.534. The van der Waals surface area contributed by atoms with Gasteiger partial charge in [0.25, 0.3) is 0 Å². The summed E-state index contributed by atoms with van der Waals surface area (Å²) >= 11 is 3.89. The van der Waals surface area contributed by atoms with Gasteiger partial charge in [0.15, 0.2) is 0 Å². The van der Waals surface area contributed by atoms with Crippen LogP contribution in [0.15, 0.2) is 23.1 Å². The monoisotopic (exact) mass is 222 g/mol. The van der Waals surface area contributed by atoms with E-state index in [4.69, 9.17) is 5.11 Å². The van der Waals surface area contributed by atoms with Crippen LogP contribution in [-0.2, 0) is 6.61 Å². The molecule has 0 fully saturated rings. The lowest BCUT2D eigenvalue weighted by atomic mass is 10.2. The summed E-state index contributed by atoms with van der Waals surface area (Å²) in [5.74, 6) is -0.312. The van der Waals surface area contributed by atoms with E-state index in [-0.39, 0.29) is 12.4 Å². The zero-order valence-electron chi connectivity index (χ0n) is 6.03. The first-order chi connectivity index (χ1) is 5.77. The lowest BCUT2D eigenvalue weighted by Gasteiger charge is -2.00. The number of aliphatic hydroxyl groups excluding tert-OH is 1. The van der Waals surface area contributed by atoms with E-state index in [9.17, 15) is 4.39 Å². The molecule has 0 aliphatic heterocycles. The van der Waals surface area contributed by atoms with Crippen LogP contribution in [0.2, 0.25) is 0 Å². The van der Waals surface area contributed by atoms with Crippen LogP contribution in [0.5, 0.6) is 0 Å². The minimum atomic E-state index is -0.312. The normalized spacial score (nSPS) is 10.2. The summed E-state index contributed by atoms with van der Waals surface area (Å²) in [5.41, 5.74) is 0.584. The first-order valence-corrected chi connectivity index (χ1v) is 6.35. The molecule has 0 saturated carbocycles. The lowest BCUT2D eigenvalue weighted by molar-refractivity contribution is 0.281. The number of benzene rings is 1. The first kappa shape index (κ1) is 10.2. The van der Waals surface area contributed by atoms with Crippen LogP contribution in [-0.4, -0.2) is 5.11 Å². The van der Waals surface area contributed by atoms with Gasteiger partial charge in [0.1, 0.15) is 5.82 Å². The van der Waals surface area contributed by atoms with E-state index in [0.29, 0.717) is 10.5 Å². The highest BCUT2D eigenvalue weighted by molar-refractivity contribution is 9.05. The number of hydrogen-bond donors (Lipinski definition) is 2. The molecule has 1 rings (SSSR count). The van der Waals surface area contributed by atoms with Crippen molar-refractivity contribution in [3.05, 3.63) is 29.6 Å². The number of aliphatic hydroxyl groups is 1. The molecule has 1 aromatic rings. The van der Waals surface area contributed by atoms with Gasteiger partial charge in [-0.25, -0.2) is 4.39 Å². The predicted octanol–water partition coefficient (Wildman–Crippen LogP) is 2.90. The Morgan fingerprint density at radius 2 is 2.25 bits per heavy atom. The van der Waals surface area contributed by atoms with Gasteiger partial charge in [-0.2, -0.15) is 0 Å². The highest BCUT2D eigenvalue weighted by Crippen LogP contribution is 2.35. The maximum atomic E-state index is 13.0. The SMILES string of the molecule is OCc1ccc(SSS)c(F)c1. The molecule has 5 heteroatoms. The third-order valence-corrected chi connectivity index (χ3v) is 3.32. The topological polar surface area (TPSA) is 20.2 Å². The van der Waals surface area contributed by atoms with Gasteiger partial charge in [-0.1, -0.05) is 17.7 Å². The molecule has 0 spiro atoms. The van der Waals surface area contributed by atoms with E-state index in [1.165, 1.54) is 26.7 Å². The molecule has 0 saturated heterocycles. The molecule has 1 N–H and O–H groups in total. The molecule has 0 amide bonds. The van der Waals surface area contributed by atoms with Crippen LogP contribution >= 0.6 is 32.3 Å². The van der Waals surface area contributed by atoms with Gasteiger partial charge in [-0.05, 0) is 38.3 Å². The van der Waals surface area contributed by atoms with E-state index < -0.39 is 0 Å². The van der Waals surface area contributed by atoms with Crippen molar-refractivity contribution < 1.29 is 9.50 Å². The van der Waals surface area contributed by atoms with Crippen molar-refractivity contribution in [2.45, 2.75) is 11.5 Å². The number of halogens is 1. The third-order valence-electron chi connectivity index (χ3n) is 1.31. The summed E-state index contributed by atoms with van der Waals surface area (Å²) < 4.78 is 13.0. The molecule has 0 aromatic heterocycles. The number of thiol groups is 1. The second-order valence-electron chi connectivity index (χ2n) is 2.08. The second kappa shape index (κ2) is 5.01. The fraction of sp³-hybridized carbons (Fsp3) is 0.143. The van der Waals surface area contributed by atoms with Crippen LogP contribution in [0.3, 0.4) is 0 Å². The summed E-state index contributed by atoms with van der Waals surface area (Å²) in [6.45, 7) is -0.129. The number of rotatable bonds is 3. The Labute approximate surface area is 83.0 Å². The smallest absolute Gasteiger partial charge is 0.138 e. The van der Waals surface area contributed by atoms with Crippen LogP contribution in [0.25, 0.3) is 0 Å². The predicted molar refractivity (Wildman–Crippen MR) is 54.8 cm³/mol. The zero-order valence-corrected chi connectivity index (χ0v) is 8.56. The Kier molecular flexibility index (Phi) is 4.28. The largest absolute Gasteiger partial charge is 0.392 e. The average molecular weight is 222 g/mol. The average Bonchev–Trinajstić information content (AvgIpc) is 2.09. The second-order valence-corrected chi connectivity index (χ2v) is 5.13. The molecular formula is C7H7FOS3. The highest BCUT2D eigenvalue weighted by Gasteiger charge is 2.02. The van der Waals surface area contributed by atoms with Crippen molar-refractivity contribution in [2.75, 3.05) is 0 Å². The molecule has 0 bridgehead atoms. The zero-order chi connectivity index (χ0) is 8.97. The molecule has 0 unspecified atom stereocenters. The number of hydrogen-bond acceptors (Lipinski definition) is 4. The Bertz CT molecular complexity index is 267.